The number of rotatable bonds is 5. The van der Waals surface area contributed by atoms with E-state index in [0.29, 0.717) is 18.7 Å². The van der Waals surface area contributed by atoms with Crippen LogP contribution in [0.25, 0.3) is 0 Å². The highest BCUT2D eigenvalue weighted by atomic mass is 32.2. The van der Waals surface area contributed by atoms with Crippen LogP contribution in [0, 0.1) is 12.3 Å². The van der Waals surface area contributed by atoms with Crippen molar-refractivity contribution >= 4 is 23.6 Å². The number of carbonyl (C=O) groups is 2. The molecule has 0 aliphatic carbocycles. The Morgan fingerprint density at radius 1 is 1.53 bits per heavy atom. The summed E-state index contributed by atoms with van der Waals surface area (Å²) in [6, 6.07) is -0.743. The van der Waals surface area contributed by atoms with Crippen LogP contribution >= 0.6 is 11.8 Å². The zero-order valence-corrected chi connectivity index (χ0v) is 11.0. The van der Waals surface area contributed by atoms with Gasteiger partial charge >= 0.3 is 0 Å². The number of hydrogen-bond donors (Lipinski definition) is 1. The number of terminal acetylenes is 1. The highest BCUT2D eigenvalue weighted by Crippen LogP contribution is 2.13. The molecule has 1 saturated heterocycles. The molecule has 1 fully saturated rings. The highest BCUT2D eigenvalue weighted by Gasteiger charge is 2.36. The van der Waals surface area contributed by atoms with Crippen molar-refractivity contribution in [3.05, 3.63) is 0 Å². The molecule has 1 rings (SSSR count). The largest absolute Gasteiger partial charge is 0.343 e. The normalized spacial score (nSPS) is 24.4. The van der Waals surface area contributed by atoms with Crippen molar-refractivity contribution in [1.82, 2.24) is 10.2 Å². The number of carbonyl (C=O) groups excluding carboxylic acids is 2. The number of nitrogens with one attached hydrogen (secondary N) is 1. The van der Waals surface area contributed by atoms with Gasteiger partial charge in [0.2, 0.25) is 11.8 Å². The highest BCUT2D eigenvalue weighted by molar-refractivity contribution is 7.99. The lowest BCUT2D eigenvalue weighted by molar-refractivity contribution is -0.148. The van der Waals surface area contributed by atoms with E-state index in [2.05, 4.69) is 11.2 Å². The van der Waals surface area contributed by atoms with Gasteiger partial charge in [-0.15, -0.1) is 18.2 Å². The molecule has 1 aliphatic rings. The summed E-state index contributed by atoms with van der Waals surface area (Å²) >= 11 is 1.60. The van der Waals surface area contributed by atoms with E-state index >= 15 is 0 Å². The van der Waals surface area contributed by atoms with Crippen LogP contribution in [-0.4, -0.2) is 46.8 Å². The Balaban J connectivity index is 2.57. The predicted molar refractivity (Wildman–Crippen MR) is 69.6 cm³/mol. The first-order valence-electron chi connectivity index (χ1n) is 5.73. The van der Waals surface area contributed by atoms with E-state index in [0.717, 1.165) is 5.75 Å². The summed E-state index contributed by atoms with van der Waals surface area (Å²) < 4.78 is 0. The first-order chi connectivity index (χ1) is 8.11. The molecule has 2 atom stereocenters. The third-order valence-corrected chi connectivity index (χ3v) is 3.66. The predicted octanol–water partition coefficient (Wildman–Crippen LogP) is 0.478. The summed E-state index contributed by atoms with van der Waals surface area (Å²) in [6.45, 7) is 4.23. The van der Waals surface area contributed by atoms with Crippen molar-refractivity contribution < 1.29 is 9.59 Å². The van der Waals surface area contributed by atoms with Gasteiger partial charge in [0.1, 0.15) is 12.1 Å². The van der Waals surface area contributed by atoms with Gasteiger partial charge in [-0.2, -0.15) is 0 Å². The van der Waals surface area contributed by atoms with E-state index < -0.39 is 0 Å². The first kappa shape index (κ1) is 13.9. The minimum absolute atomic E-state index is 0.0147. The Labute approximate surface area is 107 Å². The summed E-state index contributed by atoms with van der Waals surface area (Å²) in [4.78, 5) is 25.4. The zero-order chi connectivity index (χ0) is 12.8. The quantitative estimate of drug-likeness (QED) is 0.573. The molecule has 0 saturated carbocycles. The van der Waals surface area contributed by atoms with Crippen LogP contribution in [0.5, 0.6) is 0 Å². The second-order valence-corrected chi connectivity index (χ2v) is 5.04. The van der Waals surface area contributed by atoms with Crippen LogP contribution in [0.4, 0.5) is 0 Å². The van der Waals surface area contributed by atoms with E-state index in [4.69, 9.17) is 6.42 Å². The Hall–Kier alpha value is -1.15. The molecule has 0 bridgehead atoms. The fourth-order valence-corrected chi connectivity index (χ4v) is 2.35. The van der Waals surface area contributed by atoms with Crippen LogP contribution in [0.3, 0.4) is 0 Å². The third-order valence-electron chi connectivity index (χ3n) is 2.81. The van der Waals surface area contributed by atoms with Crippen LogP contribution in [0.1, 0.15) is 20.3 Å². The van der Waals surface area contributed by atoms with Gasteiger partial charge < -0.3 is 10.2 Å². The Morgan fingerprint density at radius 2 is 2.24 bits per heavy atom. The standard InChI is InChI=1S/C12H18N2O2S/c1-4-7-17-8-6-14-9(3)11(15)13-10(5-2)12(14)16/h1,9-10H,5-8H2,2-3H3,(H,13,15). The topological polar surface area (TPSA) is 49.4 Å². The molecule has 1 N–H and O–H groups in total. The van der Waals surface area contributed by atoms with Gasteiger partial charge in [0.25, 0.3) is 0 Å². The Bertz CT molecular complexity index is 338. The molecule has 1 heterocycles. The molecule has 0 spiro atoms. The number of thioether (sulfide) groups is 1. The molecule has 94 valence electrons. The van der Waals surface area contributed by atoms with Crippen LogP contribution in [0.2, 0.25) is 0 Å². The summed E-state index contributed by atoms with van der Waals surface area (Å²) in [6.07, 6.45) is 5.78. The molecule has 0 aromatic rings. The monoisotopic (exact) mass is 254 g/mol. The Kier molecular flexibility index (Phi) is 5.36. The molecule has 5 heteroatoms. The van der Waals surface area contributed by atoms with E-state index in [1.807, 2.05) is 6.92 Å². The summed E-state index contributed by atoms with van der Waals surface area (Å²) in [5, 5.41) is 2.73. The van der Waals surface area contributed by atoms with Crippen molar-refractivity contribution in [3.8, 4) is 12.3 Å². The SMILES string of the molecule is C#CCSCCN1C(=O)C(CC)NC(=O)C1C. The number of amides is 2. The van der Waals surface area contributed by atoms with Gasteiger partial charge in [-0.1, -0.05) is 12.8 Å². The van der Waals surface area contributed by atoms with Gasteiger partial charge in [0, 0.05) is 12.3 Å². The van der Waals surface area contributed by atoms with Crippen molar-refractivity contribution in [2.45, 2.75) is 32.4 Å². The van der Waals surface area contributed by atoms with Gasteiger partial charge in [0.05, 0.1) is 5.75 Å². The molecular weight excluding hydrogens is 236 g/mol. The average Bonchev–Trinajstić information content (AvgIpc) is 2.33. The fraction of sp³-hybridized carbons (Fsp3) is 0.667. The molecule has 0 aromatic heterocycles. The number of nitrogens with zero attached hydrogens (tertiary/aromatic N) is 1. The van der Waals surface area contributed by atoms with Crippen LogP contribution < -0.4 is 5.32 Å². The lowest BCUT2D eigenvalue weighted by Crippen LogP contribution is -2.62. The minimum Gasteiger partial charge on any atom is -0.343 e. The van der Waals surface area contributed by atoms with E-state index in [1.54, 1.807) is 23.6 Å². The molecule has 2 amide bonds. The van der Waals surface area contributed by atoms with Crippen molar-refractivity contribution in [2.75, 3.05) is 18.1 Å². The molecule has 1 aliphatic heterocycles. The summed E-state index contributed by atoms with van der Waals surface area (Å²) in [7, 11) is 0. The molecule has 4 nitrogen and oxygen atoms in total. The molecule has 0 radical (unpaired) electrons. The van der Waals surface area contributed by atoms with Gasteiger partial charge in [-0.3, -0.25) is 9.59 Å². The Morgan fingerprint density at radius 3 is 2.82 bits per heavy atom. The smallest absolute Gasteiger partial charge is 0.245 e. The zero-order valence-electron chi connectivity index (χ0n) is 10.2. The third kappa shape index (κ3) is 3.40. The van der Waals surface area contributed by atoms with E-state index in [9.17, 15) is 9.59 Å². The molecule has 17 heavy (non-hydrogen) atoms. The van der Waals surface area contributed by atoms with Crippen molar-refractivity contribution in [1.29, 1.82) is 0 Å². The average molecular weight is 254 g/mol. The second-order valence-electron chi connectivity index (χ2n) is 3.93. The molecular formula is C12H18N2O2S. The van der Waals surface area contributed by atoms with E-state index in [1.165, 1.54) is 0 Å². The van der Waals surface area contributed by atoms with Gasteiger partial charge in [-0.05, 0) is 13.3 Å². The number of piperazine rings is 1. The van der Waals surface area contributed by atoms with Gasteiger partial charge in [0.15, 0.2) is 0 Å². The molecule has 0 aromatic carbocycles. The summed E-state index contributed by atoms with van der Waals surface area (Å²) in [5.41, 5.74) is 0. The van der Waals surface area contributed by atoms with Crippen molar-refractivity contribution in [3.63, 3.8) is 0 Å². The lowest BCUT2D eigenvalue weighted by atomic mass is 10.1. The fourth-order valence-electron chi connectivity index (χ4n) is 1.76. The van der Waals surface area contributed by atoms with Crippen molar-refractivity contribution in [2.24, 2.45) is 0 Å². The second kappa shape index (κ2) is 6.55. The van der Waals surface area contributed by atoms with Gasteiger partial charge in [-0.25, -0.2) is 0 Å². The first-order valence-corrected chi connectivity index (χ1v) is 6.89. The summed E-state index contributed by atoms with van der Waals surface area (Å²) in [5.74, 6) is 3.89. The van der Waals surface area contributed by atoms with Crippen LogP contribution in [-0.2, 0) is 9.59 Å². The minimum atomic E-state index is -0.378. The van der Waals surface area contributed by atoms with E-state index in [-0.39, 0.29) is 23.9 Å². The van der Waals surface area contributed by atoms with Crippen LogP contribution in [0.15, 0.2) is 0 Å². The molecule has 2 unspecified atom stereocenters. The lowest BCUT2D eigenvalue weighted by Gasteiger charge is -2.37. The maximum absolute atomic E-state index is 12.0. The number of hydrogen-bond acceptors (Lipinski definition) is 3. The maximum atomic E-state index is 12.0. The maximum Gasteiger partial charge on any atom is 0.245 e.